The van der Waals surface area contributed by atoms with Gasteiger partial charge in [-0.2, -0.15) is 0 Å². The van der Waals surface area contributed by atoms with Gasteiger partial charge in [0.25, 0.3) is 6.02 Å². The van der Waals surface area contributed by atoms with Gasteiger partial charge in [-0.3, -0.25) is 0 Å². The SMILES string of the molecule is C[C@]12CCOCC1C1(COC(N)=N1)c1cc(-c3cc(F)cc(Cl)c3)ccc1O2. The van der Waals surface area contributed by atoms with E-state index in [2.05, 4.69) is 6.92 Å². The molecule has 2 unspecified atom stereocenters. The van der Waals surface area contributed by atoms with E-state index >= 15 is 0 Å². The molecule has 5 rings (SSSR count). The van der Waals surface area contributed by atoms with Gasteiger partial charge in [0, 0.05) is 17.0 Å². The molecule has 2 N–H and O–H groups in total. The predicted molar refractivity (Wildman–Crippen MR) is 104 cm³/mol. The number of ether oxygens (including phenoxy) is 3. The summed E-state index contributed by atoms with van der Waals surface area (Å²) in [5, 5.41) is 0.346. The van der Waals surface area contributed by atoms with E-state index < -0.39 is 11.1 Å². The molecule has 146 valence electrons. The lowest BCUT2D eigenvalue weighted by Crippen LogP contribution is -2.59. The number of nitrogens with two attached hydrogens (primary N) is 1. The van der Waals surface area contributed by atoms with Crippen molar-refractivity contribution in [3.63, 3.8) is 0 Å². The summed E-state index contributed by atoms with van der Waals surface area (Å²) in [5.74, 6) is 0.313. The maximum Gasteiger partial charge on any atom is 0.283 e. The third-order valence-corrected chi connectivity index (χ3v) is 6.29. The number of hydrogen-bond acceptors (Lipinski definition) is 5. The maximum absolute atomic E-state index is 13.9. The Morgan fingerprint density at radius 2 is 2.07 bits per heavy atom. The zero-order valence-corrected chi connectivity index (χ0v) is 16.1. The average Bonchev–Trinajstić information content (AvgIpc) is 3.03. The maximum atomic E-state index is 13.9. The van der Waals surface area contributed by atoms with Crippen molar-refractivity contribution in [3.05, 3.63) is 52.8 Å². The van der Waals surface area contributed by atoms with Crippen LogP contribution in [0.25, 0.3) is 11.1 Å². The van der Waals surface area contributed by atoms with Gasteiger partial charge in [0.1, 0.15) is 29.3 Å². The standard InChI is InChI=1S/C21H20ClFN2O3/c1-20-4-5-26-10-18(20)21(11-27-19(24)25-21)16-8-12(2-3-17(16)28-20)13-6-14(22)9-15(23)7-13/h2-3,6-9,18H,4-5,10-11H2,1H3,(H2,24,25)/t18?,20-,21?/m0/s1. The molecule has 28 heavy (non-hydrogen) atoms. The van der Waals surface area contributed by atoms with Gasteiger partial charge in [-0.15, -0.1) is 0 Å². The molecule has 0 bridgehead atoms. The van der Waals surface area contributed by atoms with E-state index in [0.717, 1.165) is 23.3 Å². The van der Waals surface area contributed by atoms with E-state index in [1.165, 1.54) is 12.1 Å². The summed E-state index contributed by atoms with van der Waals surface area (Å²) in [4.78, 5) is 4.73. The van der Waals surface area contributed by atoms with Gasteiger partial charge in [-0.25, -0.2) is 9.38 Å². The number of amidine groups is 1. The lowest BCUT2D eigenvalue weighted by Gasteiger charge is -2.52. The summed E-state index contributed by atoms with van der Waals surface area (Å²) in [6.07, 6.45) is 0.759. The van der Waals surface area contributed by atoms with E-state index in [1.54, 1.807) is 6.07 Å². The molecular weight excluding hydrogens is 383 g/mol. The fourth-order valence-corrected chi connectivity index (χ4v) is 4.87. The van der Waals surface area contributed by atoms with E-state index in [1.807, 2.05) is 18.2 Å². The van der Waals surface area contributed by atoms with Gasteiger partial charge >= 0.3 is 0 Å². The highest BCUT2D eigenvalue weighted by molar-refractivity contribution is 6.30. The van der Waals surface area contributed by atoms with E-state index in [0.29, 0.717) is 30.4 Å². The fourth-order valence-electron chi connectivity index (χ4n) is 4.65. The molecule has 3 aliphatic heterocycles. The first-order valence-corrected chi connectivity index (χ1v) is 9.63. The van der Waals surface area contributed by atoms with Gasteiger partial charge in [0.05, 0.1) is 19.1 Å². The highest BCUT2D eigenvalue weighted by atomic mass is 35.5. The Hall–Kier alpha value is -2.31. The third kappa shape index (κ3) is 2.58. The van der Waals surface area contributed by atoms with Crippen LogP contribution in [0.3, 0.4) is 0 Å². The Balaban J connectivity index is 1.70. The lowest BCUT2D eigenvalue weighted by atomic mass is 9.66. The molecule has 0 saturated carbocycles. The number of fused-ring (bicyclic) bond motifs is 4. The quantitative estimate of drug-likeness (QED) is 0.786. The van der Waals surface area contributed by atoms with E-state index in [-0.39, 0.29) is 17.8 Å². The molecule has 2 aromatic rings. The first kappa shape index (κ1) is 17.8. The highest BCUT2D eigenvalue weighted by Crippen LogP contribution is 2.54. The Labute approximate surface area is 167 Å². The summed E-state index contributed by atoms with van der Waals surface area (Å²) in [6, 6.07) is 10.4. The minimum atomic E-state index is -0.694. The second-order valence-electron chi connectivity index (χ2n) is 7.82. The minimum absolute atomic E-state index is 0.0475. The molecule has 1 saturated heterocycles. The molecule has 3 heterocycles. The summed E-state index contributed by atoms with van der Waals surface area (Å²) < 4.78 is 31.7. The van der Waals surface area contributed by atoms with Crippen molar-refractivity contribution in [2.24, 2.45) is 16.6 Å². The smallest absolute Gasteiger partial charge is 0.283 e. The van der Waals surface area contributed by atoms with Crippen molar-refractivity contribution in [3.8, 4) is 16.9 Å². The number of hydrogen-bond donors (Lipinski definition) is 1. The van der Waals surface area contributed by atoms with Crippen LogP contribution < -0.4 is 10.5 Å². The van der Waals surface area contributed by atoms with E-state index in [4.69, 9.17) is 36.5 Å². The number of benzene rings is 2. The molecule has 0 radical (unpaired) electrons. The molecule has 0 amide bonds. The van der Waals surface area contributed by atoms with Crippen LogP contribution in [0, 0.1) is 11.7 Å². The molecule has 7 heteroatoms. The van der Waals surface area contributed by atoms with Gasteiger partial charge in [0.15, 0.2) is 0 Å². The Bertz CT molecular complexity index is 977. The lowest BCUT2D eigenvalue weighted by molar-refractivity contribution is -0.129. The molecule has 3 aliphatic rings. The first-order valence-electron chi connectivity index (χ1n) is 9.26. The van der Waals surface area contributed by atoms with Gasteiger partial charge < -0.3 is 19.9 Å². The second-order valence-corrected chi connectivity index (χ2v) is 8.26. The molecule has 0 aliphatic carbocycles. The summed E-state index contributed by atoms with van der Waals surface area (Å²) in [7, 11) is 0. The Kier molecular flexibility index (Phi) is 3.87. The van der Waals surface area contributed by atoms with Gasteiger partial charge in [-0.05, 0) is 48.4 Å². The predicted octanol–water partition coefficient (Wildman–Crippen LogP) is 3.87. The number of aliphatic imine (C=N–C) groups is 1. The third-order valence-electron chi connectivity index (χ3n) is 6.08. The zero-order chi connectivity index (χ0) is 19.5. The first-order chi connectivity index (χ1) is 13.4. The normalized spacial score (nSPS) is 30.8. The molecule has 5 nitrogen and oxygen atoms in total. The van der Waals surface area contributed by atoms with Crippen LogP contribution in [0.2, 0.25) is 5.02 Å². The Morgan fingerprint density at radius 1 is 1.21 bits per heavy atom. The second kappa shape index (κ2) is 6.09. The van der Waals surface area contributed by atoms with Crippen molar-refractivity contribution in [2.45, 2.75) is 24.5 Å². The van der Waals surface area contributed by atoms with Crippen LogP contribution in [0.4, 0.5) is 4.39 Å². The molecular formula is C21H20ClFN2O3. The molecule has 1 spiro atoms. The average molecular weight is 403 g/mol. The fraction of sp³-hybridized carbons (Fsp3) is 0.381. The van der Waals surface area contributed by atoms with Crippen LogP contribution in [0.5, 0.6) is 5.75 Å². The van der Waals surface area contributed by atoms with E-state index in [9.17, 15) is 4.39 Å². The molecule has 3 atom stereocenters. The molecule has 0 aromatic heterocycles. The van der Waals surface area contributed by atoms with Crippen molar-refractivity contribution in [2.75, 3.05) is 19.8 Å². The number of nitrogens with zero attached hydrogens (tertiary/aromatic N) is 1. The topological polar surface area (TPSA) is 66.1 Å². The van der Waals surface area contributed by atoms with Crippen molar-refractivity contribution in [1.29, 1.82) is 0 Å². The van der Waals surface area contributed by atoms with Crippen LogP contribution in [-0.2, 0) is 15.0 Å². The number of halogens is 2. The minimum Gasteiger partial charge on any atom is -0.487 e. The van der Waals surface area contributed by atoms with Crippen LogP contribution >= 0.6 is 11.6 Å². The zero-order valence-electron chi connectivity index (χ0n) is 15.4. The van der Waals surface area contributed by atoms with Crippen molar-refractivity contribution in [1.82, 2.24) is 0 Å². The van der Waals surface area contributed by atoms with Gasteiger partial charge in [0.2, 0.25) is 0 Å². The Morgan fingerprint density at radius 3 is 2.82 bits per heavy atom. The highest BCUT2D eigenvalue weighted by Gasteiger charge is 2.59. The summed E-state index contributed by atoms with van der Waals surface area (Å²) in [6.45, 7) is 3.56. The van der Waals surface area contributed by atoms with Crippen LogP contribution in [-0.4, -0.2) is 31.4 Å². The van der Waals surface area contributed by atoms with Gasteiger partial charge in [-0.1, -0.05) is 17.7 Å². The monoisotopic (exact) mass is 402 g/mol. The largest absolute Gasteiger partial charge is 0.487 e. The summed E-state index contributed by atoms with van der Waals surface area (Å²) >= 11 is 6.05. The summed E-state index contributed by atoms with van der Waals surface area (Å²) in [5.41, 5.74) is 7.20. The van der Waals surface area contributed by atoms with Crippen LogP contribution in [0.1, 0.15) is 18.9 Å². The molecule has 2 aromatic carbocycles. The van der Waals surface area contributed by atoms with Crippen LogP contribution in [0.15, 0.2) is 41.4 Å². The number of rotatable bonds is 1. The molecule has 1 fully saturated rings. The van der Waals surface area contributed by atoms with Crippen molar-refractivity contribution >= 4 is 17.6 Å². The van der Waals surface area contributed by atoms with Crippen molar-refractivity contribution < 1.29 is 18.6 Å².